The van der Waals surface area contributed by atoms with Crippen LogP contribution in [0.2, 0.25) is 0 Å². The fraction of sp³-hybridized carbons (Fsp3) is 0.389. The van der Waals surface area contributed by atoms with Crippen molar-refractivity contribution in [3.8, 4) is 5.82 Å². The Hall–Kier alpha value is -2.63. The number of rotatable bonds is 6. The van der Waals surface area contributed by atoms with E-state index in [1.165, 1.54) is 0 Å². The first-order chi connectivity index (χ1) is 11.3. The van der Waals surface area contributed by atoms with Gasteiger partial charge in [0, 0.05) is 17.6 Å². The number of pyridine rings is 1. The average Bonchev–Trinajstić information content (AvgIpc) is 2.81. The van der Waals surface area contributed by atoms with Gasteiger partial charge in [-0.15, -0.1) is 0 Å². The third-order valence-corrected chi connectivity index (χ3v) is 3.86. The number of carboxylic acids is 1. The van der Waals surface area contributed by atoms with E-state index in [0.717, 1.165) is 17.2 Å². The molecule has 2 aromatic rings. The predicted octanol–water partition coefficient (Wildman–Crippen LogP) is 2.72. The molecule has 0 radical (unpaired) electrons. The number of carboxylic acid groups (broad SMARTS) is 1. The Balaban J connectivity index is 2.29. The standard InChI is InChI=1S/C18H23N3O3/c1-11(2)9-15(18(23)24)20-17(22)14-10-12(3)21(13(14)4)16-7-5-6-8-19-16/h5-8,10-11,15H,9H2,1-4H3,(H,20,22)(H,23,24)/t15-/m1/s1. The number of carbonyl (C=O) groups excluding carboxylic acids is 1. The molecule has 24 heavy (non-hydrogen) atoms. The lowest BCUT2D eigenvalue weighted by Gasteiger charge is -2.16. The van der Waals surface area contributed by atoms with Gasteiger partial charge in [0.05, 0.1) is 5.56 Å². The molecular weight excluding hydrogens is 306 g/mol. The van der Waals surface area contributed by atoms with Crippen molar-refractivity contribution in [3.05, 3.63) is 47.4 Å². The molecule has 0 saturated carbocycles. The number of nitrogens with one attached hydrogen (secondary N) is 1. The van der Waals surface area contributed by atoms with Gasteiger partial charge in [-0.2, -0.15) is 0 Å². The molecule has 1 atom stereocenters. The molecule has 1 amide bonds. The molecule has 2 heterocycles. The van der Waals surface area contributed by atoms with Crippen molar-refractivity contribution in [2.75, 3.05) is 0 Å². The maximum Gasteiger partial charge on any atom is 0.326 e. The van der Waals surface area contributed by atoms with E-state index in [0.29, 0.717) is 12.0 Å². The summed E-state index contributed by atoms with van der Waals surface area (Å²) in [4.78, 5) is 28.2. The van der Waals surface area contributed by atoms with Crippen LogP contribution in [-0.2, 0) is 4.79 Å². The first-order valence-corrected chi connectivity index (χ1v) is 7.95. The van der Waals surface area contributed by atoms with Crippen molar-refractivity contribution in [2.45, 2.75) is 40.2 Å². The van der Waals surface area contributed by atoms with E-state index in [-0.39, 0.29) is 11.8 Å². The molecule has 0 aliphatic carbocycles. The van der Waals surface area contributed by atoms with Crippen LogP contribution in [0.1, 0.15) is 42.0 Å². The highest BCUT2D eigenvalue weighted by Crippen LogP contribution is 2.19. The van der Waals surface area contributed by atoms with Crippen LogP contribution in [0.25, 0.3) is 5.82 Å². The molecule has 0 unspecified atom stereocenters. The number of aromatic nitrogens is 2. The fourth-order valence-electron chi connectivity index (χ4n) is 2.76. The second-order valence-corrected chi connectivity index (χ2v) is 6.30. The number of aryl methyl sites for hydroxylation is 1. The minimum Gasteiger partial charge on any atom is -0.480 e. The van der Waals surface area contributed by atoms with Crippen LogP contribution < -0.4 is 5.32 Å². The van der Waals surface area contributed by atoms with E-state index in [9.17, 15) is 14.7 Å². The Morgan fingerprint density at radius 2 is 2.00 bits per heavy atom. The van der Waals surface area contributed by atoms with Crippen LogP contribution in [0, 0.1) is 19.8 Å². The Morgan fingerprint density at radius 1 is 1.29 bits per heavy atom. The van der Waals surface area contributed by atoms with Crippen LogP contribution >= 0.6 is 0 Å². The summed E-state index contributed by atoms with van der Waals surface area (Å²) in [5.41, 5.74) is 2.07. The molecule has 2 rings (SSSR count). The third-order valence-electron chi connectivity index (χ3n) is 3.86. The van der Waals surface area contributed by atoms with Crippen molar-refractivity contribution >= 4 is 11.9 Å². The van der Waals surface area contributed by atoms with E-state index in [2.05, 4.69) is 10.3 Å². The van der Waals surface area contributed by atoms with Crippen LogP contribution in [-0.4, -0.2) is 32.6 Å². The third kappa shape index (κ3) is 3.82. The number of hydrogen-bond donors (Lipinski definition) is 2. The van der Waals surface area contributed by atoms with Crippen LogP contribution in [0.4, 0.5) is 0 Å². The van der Waals surface area contributed by atoms with Crippen molar-refractivity contribution in [2.24, 2.45) is 5.92 Å². The van der Waals surface area contributed by atoms with Gasteiger partial charge in [0.1, 0.15) is 11.9 Å². The van der Waals surface area contributed by atoms with Gasteiger partial charge in [0.2, 0.25) is 0 Å². The number of amides is 1. The highest BCUT2D eigenvalue weighted by atomic mass is 16.4. The molecule has 0 bridgehead atoms. The fourth-order valence-corrected chi connectivity index (χ4v) is 2.76. The van der Waals surface area contributed by atoms with E-state index in [1.54, 1.807) is 12.3 Å². The van der Waals surface area contributed by atoms with Crippen molar-refractivity contribution < 1.29 is 14.7 Å². The summed E-state index contributed by atoms with van der Waals surface area (Å²) >= 11 is 0. The van der Waals surface area contributed by atoms with Crippen LogP contribution in [0.5, 0.6) is 0 Å². The summed E-state index contributed by atoms with van der Waals surface area (Å²) in [7, 11) is 0. The summed E-state index contributed by atoms with van der Waals surface area (Å²) in [6.07, 6.45) is 2.08. The van der Waals surface area contributed by atoms with Crippen molar-refractivity contribution in [3.63, 3.8) is 0 Å². The van der Waals surface area contributed by atoms with Crippen molar-refractivity contribution in [1.82, 2.24) is 14.9 Å². The van der Waals surface area contributed by atoms with Crippen LogP contribution in [0.15, 0.2) is 30.5 Å². The normalized spacial score (nSPS) is 12.2. The van der Waals surface area contributed by atoms with Gasteiger partial charge in [0.15, 0.2) is 0 Å². The minimum absolute atomic E-state index is 0.173. The monoisotopic (exact) mass is 329 g/mol. The Bertz CT molecular complexity index is 735. The topological polar surface area (TPSA) is 84.2 Å². The minimum atomic E-state index is -1.02. The van der Waals surface area contributed by atoms with E-state index < -0.39 is 12.0 Å². The van der Waals surface area contributed by atoms with Crippen molar-refractivity contribution in [1.29, 1.82) is 0 Å². The molecule has 0 spiro atoms. The summed E-state index contributed by atoms with van der Waals surface area (Å²) in [6.45, 7) is 7.57. The molecule has 0 saturated heterocycles. The lowest BCUT2D eigenvalue weighted by Crippen LogP contribution is -2.41. The lowest BCUT2D eigenvalue weighted by atomic mass is 10.0. The highest BCUT2D eigenvalue weighted by Gasteiger charge is 2.24. The number of nitrogens with zero attached hydrogens (tertiary/aromatic N) is 2. The largest absolute Gasteiger partial charge is 0.480 e. The molecule has 0 aliphatic heterocycles. The molecule has 2 aromatic heterocycles. The summed E-state index contributed by atoms with van der Waals surface area (Å²) in [5.74, 6) is -0.496. The number of carbonyl (C=O) groups is 2. The SMILES string of the molecule is Cc1cc(C(=O)N[C@H](CC(C)C)C(=O)O)c(C)n1-c1ccccn1. The molecule has 0 aliphatic rings. The number of aliphatic carboxylic acids is 1. The maximum atomic E-state index is 12.6. The summed E-state index contributed by atoms with van der Waals surface area (Å²) in [5, 5.41) is 11.9. The maximum absolute atomic E-state index is 12.6. The molecule has 0 fully saturated rings. The highest BCUT2D eigenvalue weighted by molar-refractivity contribution is 5.98. The zero-order chi connectivity index (χ0) is 17.9. The molecule has 0 aromatic carbocycles. The molecular formula is C18H23N3O3. The average molecular weight is 329 g/mol. The van der Waals surface area contributed by atoms with Gasteiger partial charge in [-0.25, -0.2) is 9.78 Å². The van der Waals surface area contributed by atoms with Gasteiger partial charge in [-0.05, 0) is 44.4 Å². The Labute approximate surface area is 141 Å². The summed E-state index contributed by atoms with van der Waals surface area (Å²) < 4.78 is 1.88. The second kappa shape index (κ2) is 7.29. The van der Waals surface area contributed by atoms with Gasteiger partial charge in [-0.3, -0.25) is 4.79 Å². The van der Waals surface area contributed by atoms with E-state index in [1.807, 2.05) is 50.5 Å². The first-order valence-electron chi connectivity index (χ1n) is 7.95. The van der Waals surface area contributed by atoms with E-state index in [4.69, 9.17) is 0 Å². The van der Waals surface area contributed by atoms with Gasteiger partial charge >= 0.3 is 5.97 Å². The quantitative estimate of drug-likeness (QED) is 0.853. The Morgan fingerprint density at radius 3 is 2.54 bits per heavy atom. The number of hydrogen-bond acceptors (Lipinski definition) is 3. The molecule has 2 N–H and O–H groups in total. The smallest absolute Gasteiger partial charge is 0.326 e. The second-order valence-electron chi connectivity index (χ2n) is 6.30. The predicted molar refractivity (Wildman–Crippen MR) is 91.4 cm³/mol. The first kappa shape index (κ1) is 17.7. The molecule has 6 nitrogen and oxygen atoms in total. The Kier molecular flexibility index (Phi) is 5.39. The van der Waals surface area contributed by atoms with Gasteiger partial charge in [0.25, 0.3) is 5.91 Å². The van der Waals surface area contributed by atoms with Crippen LogP contribution in [0.3, 0.4) is 0 Å². The molecule has 6 heteroatoms. The van der Waals surface area contributed by atoms with Gasteiger partial charge < -0.3 is 15.0 Å². The lowest BCUT2D eigenvalue weighted by molar-refractivity contribution is -0.139. The zero-order valence-electron chi connectivity index (χ0n) is 14.4. The van der Waals surface area contributed by atoms with E-state index >= 15 is 0 Å². The van der Waals surface area contributed by atoms with Gasteiger partial charge in [-0.1, -0.05) is 19.9 Å². The summed E-state index contributed by atoms with van der Waals surface area (Å²) in [6, 6.07) is 6.43. The zero-order valence-corrected chi connectivity index (χ0v) is 14.4. The molecule has 128 valence electrons.